The van der Waals surface area contributed by atoms with Crippen molar-refractivity contribution in [3.63, 3.8) is 0 Å². The number of hydrogen-bond donors (Lipinski definition) is 0. The van der Waals surface area contributed by atoms with Crippen LogP contribution in [0.4, 0.5) is 0 Å². The van der Waals surface area contributed by atoms with Crippen molar-refractivity contribution in [1.29, 1.82) is 0 Å². The molecule has 0 spiro atoms. The molecular weight excluding hydrogens is 253 g/mol. The Morgan fingerprint density at radius 1 is 1.13 bits per heavy atom. The summed E-state index contributed by atoms with van der Waals surface area (Å²) in [6, 6.07) is 3.74. The van der Waals surface area contributed by atoms with Crippen molar-refractivity contribution in [2.45, 2.75) is 9.92 Å². The first-order valence-electron chi connectivity index (χ1n) is 4.01. The third kappa shape index (κ3) is 2.81. The predicted octanol–water partition coefficient (Wildman–Crippen LogP) is 3.33. The molecule has 2 aromatic rings. The van der Waals surface area contributed by atoms with Gasteiger partial charge in [0.15, 0.2) is 0 Å². The molecule has 0 saturated carbocycles. The number of rotatable bonds is 2. The summed E-state index contributed by atoms with van der Waals surface area (Å²) < 4.78 is 0. The first-order valence-corrected chi connectivity index (χ1v) is 5.59. The van der Waals surface area contributed by atoms with Crippen molar-refractivity contribution < 1.29 is 0 Å². The van der Waals surface area contributed by atoms with Crippen molar-refractivity contribution >= 4 is 35.0 Å². The summed E-state index contributed by atoms with van der Waals surface area (Å²) in [5, 5.41) is 1.32. The smallest absolute Gasteiger partial charge is 0.223 e. The molecule has 6 heteroatoms. The lowest BCUT2D eigenvalue weighted by atomic mass is 10.5. The zero-order valence-corrected chi connectivity index (χ0v) is 9.72. The Balaban J connectivity index is 2.28. The van der Waals surface area contributed by atoms with Crippen molar-refractivity contribution in [3.05, 3.63) is 41.0 Å². The normalized spacial score (nSPS) is 10.3. The molecule has 0 bridgehead atoms. The van der Waals surface area contributed by atoms with Crippen LogP contribution in [0, 0.1) is 0 Å². The van der Waals surface area contributed by atoms with E-state index in [1.54, 1.807) is 12.4 Å². The van der Waals surface area contributed by atoms with Gasteiger partial charge in [0.2, 0.25) is 5.28 Å². The van der Waals surface area contributed by atoms with Crippen molar-refractivity contribution in [2.75, 3.05) is 0 Å². The van der Waals surface area contributed by atoms with Crippen LogP contribution in [-0.2, 0) is 0 Å². The lowest BCUT2D eigenvalue weighted by Gasteiger charge is -2.02. The highest BCUT2D eigenvalue weighted by Crippen LogP contribution is 2.31. The van der Waals surface area contributed by atoms with Gasteiger partial charge in [0.1, 0.15) is 5.03 Å². The Bertz CT molecular complexity index is 464. The minimum atomic E-state index is 0.191. The number of pyridine rings is 1. The largest absolute Gasteiger partial charge is 0.265 e. The molecule has 76 valence electrons. The minimum absolute atomic E-state index is 0.191. The lowest BCUT2D eigenvalue weighted by Crippen LogP contribution is -1.86. The van der Waals surface area contributed by atoms with E-state index in [1.165, 1.54) is 18.0 Å². The fourth-order valence-electron chi connectivity index (χ4n) is 0.921. The summed E-state index contributed by atoms with van der Waals surface area (Å²) >= 11 is 13.0. The van der Waals surface area contributed by atoms with Crippen LogP contribution in [0.15, 0.2) is 40.6 Å². The first-order chi connectivity index (χ1) is 7.25. The summed E-state index contributed by atoms with van der Waals surface area (Å²) in [7, 11) is 0. The highest BCUT2D eigenvalue weighted by Gasteiger charge is 2.05. The summed E-state index contributed by atoms with van der Waals surface area (Å²) in [6.45, 7) is 0. The maximum absolute atomic E-state index is 5.93. The second-order valence-electron chi connectivity index (χ2n) is 2.58. The Morgan fingerprint density at radius 3 is 2.60 bits per heavy atom. The van der Waals surface area contributed by atoms with E-state index in [4.69, 9.17) is 23.2 Å². The molecule has 2 rings (SSSR count). The molecule has 0 unspecified atom stereocenters. The molecule has 0 aliphatic rings. The van der Waals surface area contributed by atoms with E-state index in [-0.39, 0.29) is 5.28 Å². The number of aromatic nitrogens is 3. The second-order valence-corrected chi connectivity index (χ2v) is 4.38. The highest BCUT2D eigenvalue weighted by molar-refractivity contribution is 7.99. The van der Waals surface area contributed by atoms with Crippen LogP contribution in [0.1, 0.15) is 0 Å². The molecule has 0 N–H and O–H groups in total. The summed E-state index contributed by atoms with van der Waals surface area (Å²) in [4.78, 5) is 12.7. The van der Waals surface area contributed by atoms with Crippen LogP contribution in [0.5, 0.6) is 0 Å². The Labute approximate surface area is 101 Å². The standard InChI is InChI=1S/C9H5Cl2N3S/c10-7-5-13-9(11)14-8(7)15-6-1-3-12-4-2-6/h1-5H. The molecule has 0 amide bonds. The SMILES string of the molecule is Clc1ncc(Cl)c(Sc2ccncc2)n1. The van der Waals surface area contributed by atoms with Crippen molar-refractivity contribution in [2.24, 2.45) is 0 Å². The molecule has 0 aliphatic carbocycles. The fourth-order valence-corrected chi connectivity index (χ4v) is 2.07. The topological polar surface area (TPSA) is 38.7 Å². The number of hydrogen-bond acceptors (Lipinski definition) is 4. The molecule has 0 radical (unpaired) electrons. The van der Waals surface area contributed by atoms with Gasteiger partial charge in [-0.1, -0.05) is 23.4 Å². The van der Waals surface area contributed by atoms with Gasteiger partial charge in [-0.2, -0.15) is 0 Å². The third-order valence-corrected chi connectivity index (χ3v) is 3.13. The number of nitrogens with zero attached hydrogens (tertiary/aromatic N) is 3. The highest BCUT2D eigenvalue weighted by atomic mass is 35.5. The molecular formula is C9H5Cl2N3S. The maximum atomic E-state index is 5.93. The predicted molar refractivity (Wildman–Crippen MR) is 60.4 cm³/mol. The quantitative estimate of drug-likeness (QED) is 0.611. The van der Waals surface area contributed by atoms with Crippen LogP contribution >= 0.6 is 35.0 Å². The Morgan fingerprint density at radius 2 is 1.87 bits per heavy atom. The molecule has 0 atom stereocenters. The van der Waals surface area contributed by atoms with Crippen LogP contribution in [-0.4, -0.2) is 15.0 Å². The maximum Gasteiger partial charge on any atom is 0.223 e. The average molecular weight is 258 g/mol. The molecule has 2 heterocycles. The van der Waals surface area contributed by atoms with Crippen LogP contribution in [0.3, 0.4) is 0 Å². The van der Waals surface area contributed by atoms with Gasteiger partial charge in [0.05, 0.1) is 11.2 Å². The zero-order valence-electron chi connectivity index (χ0n) is 7.39. The third-order valence-electron chi connectivity index (χ3n) is 1.55. The zero-order chi connectivity index (χ0) is 10.7. The van der Waals surface area contributed by atoms with Gasteiger partial charge < -0.3 is 0 Å². The molecule has 0 aliphatic heterocycles. The van der Waals surface area contributed by atoms with Gasteiger partial charge in [-0.25, -0.2) is 9.97 Å². The van der Waals surface area contributed by atoms with Gasteiger partial charge in [0, 0.05) is 17.3 Å². The average Bonchev–Trinajstić information content (AvgIpc) is 2.25. The van der Waals surface area contributed by atoms with E-state index in [9.17, 15) is 0 Å². The van der Waals surface area contributed by atoms with Crippen molar-refractivity contribution in [3.8, 4) is 0 Å². The van der Waals surface area contributed by atoms with E-state index in [1.807, 2.05) is 12.1 Å². The van der Waals surface area contributed by atoms with Gasteiger partial charge in [-0.05, 0) is 23.7 Å². The molecule has 15 heavy (non-hydrogen) atoms. The van der Waals surface area contributed by atoms with Gasteiger partial charge in [0.25, 0.3) is 0 Å². The summed E-state index contributed by atoms with van der Waals surface area (Å²) in [6.07, 6.45) is 4.90. The van der Waals surface area contributed by atoms with Crippen molar-refractivity contribution in [1.82, 2.24) is 15.0 Å². The van der Waals surface area contributed by atoms with Crippen LogP contribution in [0.2, 0.25) is 10.3 Å². The van der Waals surface area contributed by atoms with E-state index in [2.05, 4.69) is 15.0 Å². The van der Waals surface area contributed by atoms with E-state index >= 15 is 0 Å². The minimum Gasteiger partial charge on any atom is -0.265 e. The lowest BCUT2D eigenvalue weighted by molar-refractivity contribution is 1.05. The van der Waals surface area contributed by atoms with E-state index < -0.39 is 0 Å². The molecule has 3 nitrogen and oxygen atoms in total. The Kier molecular flexibility index (Phi) is 3.41. The molecule has 2 aromatic heterocycles. The van der Waals surface area contributed by atoms with Gasteiger partial charge >= 0.3 is 0 Å². The Hall–Kier alpha value is -0.840. The van der Waals surface area contributed by atoms with Crippen LogP contribution < -0.4 is 0 Å². The first kappa shape index (κ1) is 10.7. The van der Waals surface area contributed by atoms with E-state index in [0.29, 0.717) is 10.0 Å². The van der Waals surface area contributed by atoms with E-state index in [0.717, 1.165) is 4.90 Å². The number of halogens is 2. The van der Waals surface area contributed by atoms with Crippen LogP contribution in [0.25, 0.3) is 0 Å². The second kappa shape index (κ2) is 4.79. The monoisotopic (exact) mass is 257 g/mol. The fraction of sp³-hybridized carbons (Fsp3) is 0. The molecule has 0 saturated heterocycles. The molecule has 0 aromatic carbocycles. The molecule has 0 fully saturated rings. The van der Waals surface area contributed by atoms with Gasteiger partial charge in [-0.15, -0.1) is 0 Å². The van der Waals surface area contributed by atoms with Gasteiger partial charge in [-0.3, -0.25) is 4.98 Å². The summed E-state index contributed by atoms with van der Waals surface area (Å²) in [5.41, 5.74) is 0. The summed E-state index contributed by atoms with van der Waals surface area (Å²) in [5.74, 6) is 0.